The van der Waals surface area contributed by atoms with Gasteiger partial charge in [0, 0.05) is 36.9 Å². The number of rotatable bonds is 5. The molecular weight excluding hydrogens is 729 g/mol. The lowest BCUT2D eigenvalue weighted by Crippen LogP contribution is -2.01. The van der Waals surface area contributed by atoms with Crippen LogP contribution in [0.25, 0.3) is 120 Å². The van der Waals surface area contributed by atoms with E-state index in [0.717, 1.165) is 81.3 Å². The molecule has 0 aliphatic heterocycles. The summed E-state index contributed by atoms with van der Waals surface area (Å²) in [6.45, 7) is 0. The third-order valence-electron chi connectivity index (χ3n) is 11.1. The molecule has 12 rings (SSSR count). The zero-order chi connectivity index (χ0) is 38.2. The minimum atomic E-state index is 0.530. The quantitative estimate of drug-likeness (QED) is 0.164. The second-order valence-electron chi connectivity index (χ2n) is 14.6. The number of aromatic nitrogens is 4. The second-order valence-corrected chi connectivity index (χ2v) is 15.7. The molecule has 0 aliphatic rings. The van der Waals surface area contributed by atoms with Crippen molar-refractivity contribution in [3.8, 4) is 56.7 Å². The van der Waals surface area contributed by atoms with E-state index in [1.165, 1.54) is 10.1 Å². The predicted octanol–water partition coefficient (Wildman–Crippen LogP) is 14.2. The van der Waals surface area contributed by atoms with Crippen molar-refractivity contribution in [1.29, 1.82) is 0 Å². The van der Waals surface area contributed by atoms with E-state index in [9.17, 15) is 0 Å². The van der Waals surface area contributed by atoms with Gasteiger partial charge in [-0.25, -0.2) is 19.9 Å². The topological polar surface area (TPSA) is 64.7 Å². The highest BCUT2D eigenvalue weighted by molar-refractivity contribution is 7.26. The normalized spacial score (nSPS) is 11.8. The molecule has 0 aliphatic carbocycles. The largest absolute Gasteiger partial charge is 0.435 e. The maximum Gasteiger partial charge on any atom is 0.227 e. The van der Waals surface area contributed by atoms with Gasteiger partial charge in [0.1, 0.15) is 5.52 Å². The van der Waals surface area contributed by atoms with Gasteiger partial charge < -0.3 is 4.42 Å². The summed E-state index contributed by atoms with van der Waals surface area (Å²) in [6, 6.07) is 63.4. The van der Waals surface area contributed by atoms with E-state index < -0.39 is 0 Å². The van der Waals surface area contributed by atoms with Crippen molar-refractivity contribution in [2.45, 2.75) is 0 Å². The van der Waals surface area contributed by atoms with Crippen LogP contribution in [0, 0.1) is 0 Å². The Labute approximate surface area is 336 Å². The fraction of sp³-hybridized carbons (Fsp3) is 0. The molecule has 0 spiro atoms. The fourth-order valence-corrected chi connectivity index (χ4v) is 9.52. The van der Waals surface area contributed by atoms with Crippen molar-refractivity contribution in [1.82, 2.24) is 19.9 Å². The van der Waals surface area contributed by atoms with Crippen LogP contribution in [0.2, 0.25) is 0 Å². The Hall–Kier alpha value is -7.54. The van der Waals surface area contributed by atoms with E-state index in [-0.39, 0.29) is 0 Å². The molecule has 0 radical (unpaired) electrons. The Bertz CT molecular complexity index is 3590. The standard InChI is InChI=1S/C52H30N4OS/c1-2-13-31(14-3-1)34-18-12-19-36(27-34)49-54-50(42-29-35-17-6-7-20-38(35)39-21-8-9-22-40(39)42)56-51(55-49)47-46-41-23-10-11-24-44(41)58-45(46)30-43-48(47)57-52(53-43)37-26-25-32-15-4-5-16-33(32)28-37/h1-30H. The highest BCUT2D eigenvalue weighted by Gasteiger charge is 2.25. The molecule has 6 heteroatoms. The SMILES string of the molecule is c1ccc(-c2cccc(-c3nc(-c4cc5ccccc5c5ccccc45)nc(-c4c5oc(-c6ccc7ccccc7c6)nc5cc5sc6ccccc6c45)n3)c2)cc1. The van der Waals surface area contributed by atoms with Crippen molar-refractivity contribution in [2.75, 3.05) is 0 Å². The molecule has 0 N–H and O–H groups in total. The van der Waals surface area contributed by atoms with E-state index in [0.29, 0.717) is 28.9 Å². The molecule has 0 saturated heterocycles. The predicted molar refractivity (Wildman–Crippen MR) is 240 cm³/mol. The van der Waals surface area contributed by atoms with Crippen LogP contribution in [0.1, 0.15) is 0 Å². The Morgan fingerprint density at radius 3 is 1.93 bits per heavy atom. The van der Waals surface area contributed by atoms with Gasteiger partial charge in [0.15, 0.2) is 23.1 Å². The summed E-state index contributed by atoms with van der Waals surface area (Å²) < 4.78 is 9.17. The Balaban J connectivity index is 1.17. The number of hydrogen-bond donors (Lipinski definition) is 0. The maximum absolute atomic E-state index is 6.90. The van der Waals surface area contributed by atoms with Crippen LogP contribution in [0.3, 0.4) is 0 Å². The molecule has 3 heterocycles. The molecule has 5 nitrogen and oxygen atoms in total. The molecule has 9 aromatic carbocycles. The summed E-state index contributed by atoms with van der Waals surface area (Å²) >= 11 is 1.74. The molecule has 58 heavy (non-hydrogen) atoms. The molecule has 0 bridgehead atoms. The van der Waals surface area contributed by atoms with Crippen molar-refractivity contribution in [2.24, 2.45) is 0 Å². The van der Waals surface area contributed by atoms with Gasteiger partial charge in [-0.1, -0.05) is 146 Å². The number of oxazole rings is 1. The summed E-state index contributed by atoms with van der Waals surface area (Å²) in [4.78, 5) is 21.3. The molecule has 3 aromatic heterocycles. The number of thiophene rings is 1. The zero-order valence-corrected chi connectivity index (χ0v) is 31.7. The smallest absolute Gasteiger partial charge is 0.227 e. The van der Waals surface area contributed by atoms with Gasteiger partial charge in [-0.3, -0.25) is 0 Å². The van der Waals surface area contributed by atoms with Gasteiger partial charge in [-0.15, -0.1) is 11.3 Å². The third kappa shape index (κ3) is 5.30. The average molecular weight is 759 g/mol. The van der Waals surface area contributed by atoms with E-state index in [2.05, 4.69) is 176 Å². The lowest BCUT2D eigenvalue weighted by atomic mass is 9.96. The molecular formula is C52H30N4OS. The number of nitrogens with zero attached hydrogens (tertiary/aromatic N) is 4. The highest BCUT2D eigenvalue weighted by Crippen LogP contribution is 2.45. The van der Waals surface area contributed by atoms with E-state index >= 15 is 0 Å². The maximum atomic E-state index is 6.90. The van der Waals surface area contributed by atoms with Gasteiger partial charge in [-0.05, 0) is 79.8 Å². The van der Waals surface area contributed by atoms with Crippen molar-refractivity contribution < 1.29 is 4.42 Å². The fourth-order valence-electron chi connectivity index (χ4n) is 8.37. The Morgan fingerprint density at radius 1 is 0.379 bits per heavy atom. The summed E-state index contributed by atoms with van der Waals surface area (Å²) in [7, 11) is 0. The van der Waals surface area contributed by atoms with Crippen LogP contribution in [-0.2, 0) is 0 Å². The Morgan fingerprint density at radius 2 is 1.05 bits per heavy atom. The minimum absolute atomic E-state index is 0.530. The molecule has 0 atom stereocenters. The van der Waals surface area contributed by atoms with Crippen molar-refractivity contribution in [3.63, 3.8) is 0 Å². The number of hydrogen-bond acceptors (Lipinski definition) is 6. The van der Waals surface area contributed by atoms with Crippen LogP contribution in [0.15, 0.2) is 186 Å². The molecule has 0 unspecified atom stereocenters. The lowest BCUT2D eigenvalue weighted by molar-refractivity contribution is 0.621. The van der Waals surface area contributed by atoms with Crippen molar-refractivity contribution in [3.05, 3.63) is 182 Å². The van der Waals surface area contributed by atoms with E-state index in [1.54, 1.807) is 11.3 Å². The first-order valence-electron chi connectivity index (χ1n) is 19.3. The van der Waals surface area contributed by atoms with Crippen LogP contribution < -0.4 is 0 Å². The van der Waals surface area contributed by atoms with Gasteiger partial charge in [0.05, 0.1) is 5.56 Å². The third-order valence-corrected chi connectivity index (χ3v) is 12.2. The lowest BCUT2D eigenvalue weighted by Gasteiger charge is -2.13. The average Bonchev–Trinajstić information content (AvgIpc) is 3.89. The van der Waals surface area contributed by atoms with E-state index in [4.69, 9.17) is 24.4 Å². The van der Waals surface area contributed by atoms with Crippen molar-refractivity contribution >= 4 is 74.9 Å². The van der Waals surface area contributed by atoms with Crippen LogP contribution in [0.4, 0.5) is 0 Å². The van der Waals surface area contributed by atoms with Crippen LogP contribution >= 0.6 is 11.3 Å². The minimum Gasteiger partial charge on any atom is -0.435 e. The van der Waals surface area contributed by atoms with Crippen LogP contribution in [-0.4, -0.2) is 19.9 Å². The molecule has 12 aromatic rings. The van der Waals surface area contributed by atoms with Gasteiger partial charge in [0.2, 0.25) is 5.89 Å². The first kappa shape index (κ1) is 32.7. The molecule has 0 saturated carbocycles. The van der Waals surface area contributed by atoms with Crippen LogP contribution in [0.5, 0.6) is 0 Å². The monoisotopic (exact) mass is 758 g/mol. The summed E-state index contributed by atoms with van der Waals surface area (Å²) in [5.74, 6) is 2.25. The summed E-state index contributed by atoms with van der Waals surface area (Å²) in [5.41, 5.74) is 7.15. The summed E-state index contributed by atoms with van der Waals surface area (Å²) in [6.07, 6.45) is 0. The van der Waals surface area contributed by atoms with Gasteiger partial charge in [-0.2, -0.15) is 0 Å². The second kappa shape index (κ2) is 13.0. The molecule has 0 amide bonds. The number of benzene rings is 9. The van der Waals surface area contributed by atoms with E-state index in [1.807, 2.05) is 6.07 Å². The zero-order valence-electron chi connectivity index (χ0n) is 30.9. The molecule has 270 valence electrons. The molecule has 0 fully saturated rings. The Kier molecular flexibility index (Phi) is 7.33. The van der Waals surface area contributed by atoms with Gasteiger partial charge >= 0.3 is 0 Å². The van der Waals surface area contributed by atoms with Gasteiger partial charge in [0.25, 0.3) is 0 Å². The highest BCUT2D eigenvalue weighted by atomic mass is 32.1. The first-order valence-corrected chi connectivity index (χ1v) is 20.1. The summed E-state index contributed by atoms with van der Waals surface area (Å²) in [5, 5.41) is 8.98. The number of fused-ring (bicyclic) bond motifs is 8. The first-order chi connectivity index (χ1) is 28.7.